The predicted molar refractivity (Wildman–Crippen MR) is 92.9 cm³/mol. The second-order valence-corrected chi connectivity index (χ2v) is 7.11. The average molecular weight is 402 g/mol. The number of phenolic OH excluding ortho intramolecular Hbond substituents is 1. The number of halogens is 3. The molecule has 0 radical (unpaired) electrons. The monoisotopic (exact) mass is 402 g/mol. The van der Waals surface area contributed by atoms with Crippen molar-refractivity contribution in [2.24, 2.45) is 5.92 Å². The SMILES string of the molecule is O=C(c1cccs1)[C@@H]1[C@@H](c2ccc(O)cc2)NC(=S)N[C@@]1(O)C(F)(F)F. The lowest BCUT2D eigenvalue weighted by molar-refractivity contribution is -0.285. The number of hydrogen-bond acceptors (Lipinski definition) is 5. The van der Waals surface area contributed by atoms with Crippen LogP contribution in [0.5, 0.6) is 5.75 Å². The number of carbonyl (C=O) groups excluding carboxylic acids is 1. The van der Waals surface area contributed by atoms with Crippen LogP contribution in [-0.2, 0) is 0 Å². The number of phenols is 1. The van der Waals surface area contributed by atoms with Crippen LogP contribution < -0.4 is 10.6 Å². The lowest BCUT2D eigenvalue weighted by Gasteiger charge is -2.46. The molecule has 3 atom stereocenters. The van der Waals surface area contributed by atoms with Crippen LogP contribution in [0.4, 0.5) is 13.2 Å². The lowest BCUT2D eigenvalue weighted by atomic mass is 9.79. The molecular formula is C16H13F3N2O3S2. The van der Waals surface area contributed by atoms with Crippen LogP contribution in [-0.4, -0.2) is 33.0 Å². The maximum Gasteiger partial charge on any atom is 0.437 e. The van der Waals surface area contributed by atoms with Crippen molar-refractivity contribution in [1.29, 1.82) is 0 Å². The van der Waals surface area contributed by atoms with Gasteiger partial charge in [-0.15, -0.1) is 11.3 Å². The molecule has 0 spiro atoms. The van der Waals surface area contributed by atoms with E-state index in [-0.39, 0.29) is 16.2 Å². The molecule has 0 amide bonds. The van der Waals surface area contributed by atoms with Gasteiger partial charge in [-0.05, 0) is 41.4 Å². The van der Waals surface area contributed by atoms with Crippen LogP contribution in [0.1, 0.15) is 21.3 Å². The molecule has 3 rings (SSSR count). The van der Waals surface area contributed by atoms with E-state index in [1.165, 1.54) is 36.4 Å². The zero-order valence-corrected chi connectivity index (χ0v) is 14.6. The molecule has 2 aromatic rings. The van der Waals surface area contributed by atoms with E-state index in [1.807, 2.05) is 5.32 Å². The Kier molecular flexibility index (Phi) is 4.67. The average Bonchev–Trinajstić information content (AvgIpc) is 3.08. The van der Waals surface area contributed by atoms with E-state index in [0.717, 1.165) is 11.3 Å². The van der Waals surface area contributed by atoms with Crippen molar-refractivity contribution in [2.45, 2.75) is 17.9 Å². The number of ketones is 1. The van der Waals surface area contributed by atoms with Crippen molar-refractivity contribution in [1.82, 2.24) is 10.6 Å². The maximum atomic E-state index is 13.7. The summed E-state index contributed by atoms with van der Waals surface area (Å²) in [5, 5.41) is 25.5. The molecule has 10 heteroatoms. The molecular weight excluding hydrogens is 389 g/mol. The van der Waals surface area contributed by atoms with Crippen LogP contribution in [0, 0.1) is 5.92 Å². The van der Waals surface area contributed by atoms with Gasteiger partial charge < -0.3 is 20.8 Å². The number of thiocarbonyl (C=S) groups is 1. The minimum absolute atomic E-state index is 0.0814. The minimum Gasteiger partial charge on any atom is -0.508 e. The molecule has 1 aliphatic heterocycles. The summed E-state index contributed by atoms with van der Waals surface area (Å²) in [7, 11) is 0. The lowest BCUT2D eigenvalue weighted by Crippen LogP contribution is -2.72. The molecule has 0 bridgehead atoms. The van der Waals surface area contributed by atoms with Crippen LogP contribution in [0.2, 0.25) is 0 Å². The van der Waals surface area contributed by atoms with Crippen molar-refractivity contribution in [3.05, 3.63) is 52.2 Å². The van der Waals surface area contributed by atoms with E-state index >= 15 is 0 Å². The van der Waals surface area contributed by atoms with Crippen LogP contribution in [0.15, 0.2) is 41.8 Å². The Morgan fingerprint density at radius 2 is 1.88 bits per heavy atom. The van der Waals surface area contributed by atoms with Crippen molar-refractivity contribution >= 4 is 34.5 Å². The Morgan fingerprint density at radius 3 is 2.42 bits per heavy atom. The summed E-state index contributed by atoms with van der Waals surface area (Å²) < 4.78 is 41.1. The Bertz CT molecular complexity index is 824. The fraction of sp³-hybridized carbons (Fsp3) is 0.250. The summed E-state index contributed by atoms with van der Waals surface area (Å²) in [5.74, 6) is -2.89. The molecule has 26 heavy (non-hydrogen) atoms. The number of nitrogens with one attached hydrogen (secondary N) is 2. The number of aromatic hydroxyl groups is 1. The van der Waals surface area contributed by atoms with Gasteiger partial charge in [0, 0.05) is 0 Å². The quantitative estimate of drug-likeness (QED) is 0.467. The predicted octanol–water partition coefficient (Wildman–Crippen LogP) is 2.72. The first-order valence-corrected chi connectivity index (χ1v) is 8.66. The van der Waals surface area contributed by atoms with Gasteiger partial charge in [0.1, 0.15) is 11.7 Å². The van der Waals surface area contributed by atoms with E-state index in [0.29, 0.717) is 0 Å². The number of aliphatic hydroxyl groups is 1. The van der Waals surface area contributed by atoms with Crippen LogP contribution >= 0.6 is 23.6 Å². The summed E-state index contributed by atoms with van der Waals surface area (Å²) in [6.45, 7) is 0. The Morgan fingerprint density at radius 1 is 1.23 bits per heavy atom. The molecule has 0 aliphatic carbocycles. The van der Waals surface area contributed by atoms with Gasteiger partial charge in [0.2, 0.25) is 5.72 Å². The number of hydrogen-bond donors (Lipinski definition) is 4. The Hall–Kier alpha value is -2.17. The maximum absolute atomic E-state index is 13.7. The van der Waals surface area contributed by atoms with E-state index < -0.39 is 34.8 Å². The number of alkyl halides is 3. The van der Waals surface area contributed by atoms with Crippen molar-refractivity contribution in [2.75, 3.05) is 0 Å². The third-order valence-electron chi connectivity index (χ3n) is 4.10. The number of rotatable bonds is 3. The van der Waals surface area contributed by atoms with Gasteiger partial charge in [-0.25, -0.2) is 0 Å². The van der Waals surface area contributed by atoms with E-state index in [4.69, 9.17) is 12.2 Å². The van der Waals surface area contributed by atoms with Gasteiger partial charge in [-0.3, -0.25) is 4.79 Å². The van der Waals surface area contributed by atoms with Gasteiger partial charge in [0.15, 0.2) is 10.9 Å². The Balaban J connectivity index is 2.14. The minimum atomic E-state index is -5.16. The second-order valence-electron chi connectivity index (χ2n) is 5.75. The van der Waals surface area contributed by atoms with Crippen LogP contribution in [0.25, 0.3) is 0 Å². The number of benzene rings is 1. The fourth-order valence-electron chi connectivity index (χ4n) is 2.87. The normalized spacial score (nSPS) is 26.1. The third-order valence-corrected chi connectivity index (χ3v) is 5.21. The molecule has 138 valence electrons. The van der Waals surface area contributed by atoms with E-state index in [9.17, 15) is 28.2 Å². The number of Topliss-reactive ketones (excluding diaryl/α,β-unsaturated/α-hetero) is 1. The first-order valence-electron chi connectivity index (χ1n) is 7.38. The molecule has 0 saturated carbocycles. The molecule has 0 unspecified atom stereocenters. The molecule has 4 N–H and O–H groups in total. The summed E-state index contributed by atoms with van der Waals surface area (Å²) in [6, 6.07) is 6.98. The smallest absolute Gasteiger partial charge is 0.437 e. The summed E-state index contributed by atoms with van der Waals surface area (Å²) in [5.41, 5.74) is -3.27. The first kappa shape index (κ1) is 18.6. The molecule has 2 heterocycles. The van der Waals surface area contributed by atoms with Gasteiger partial charge in [-0.2, -0.15) is 13.2 Å². The second kappa shape index (κ2) is 6.53. The highest BCUT2D eigenvalue weighted by molar-refractivity contribution is 7.80. The Labute approximate surface area is 155 Å². The number of thiophene rings is 1. The summed E-state index contributed by atoms with van der Waals surface area (Å²) in [4.78, 5) is 12.9. The highest BCUT2D eigenvalue weighted by atomic mass is 32.1. The van der Waals surface area contributed by atoms with E-state index in [2.05, 4.69) is 5.32 Å². The molecule has 1 aliphatic rings. The zero-order chi connectivity index (χ0) is 19.1. The van der Waals surface area contributed by atoms with Gasteiger partial charge in [0.05, 0.1) is 10.9 Å². The molecule has 5 nitrogen and oxygen atoms in total. The van der Waals surface area contributed by atoms with Gasteiger partial charge in [-0.1, -0.05) is 18.2 Å². The zero-order valence-electron chi connectivity index (χ0n) is 12.9. The van der Waals surface area contributed by atoms with Crippen LogP contribution in [0.3, 0.4) is 0 Å². The molecule has 1 saturated heterocycles. The fourth-order valence-corrected chi connectivity index (χ4v) is 3.86. The standard InChI is InChI=1S/C16H13F3N2O3S2/c17-16(18,19)15(24)11(13(23)10-2-1-7-26-10)12(20-14(25)21-15)8-3-5-9(22)6-4-8/h1-7,11-12,22,24H,(H2,20,21,25)/t11-,12+,15-/m0/s1. The first-order chi connectivity index (χ1) is 12.1. The topological polar surface area (TPSA) is 81.6 Å². The van der Waals surface area contributed by atoms with Crippen molar-refractivity contribution in [3.8, 4) is 5.75 Å². The highest BCUT2D eigenvalue weighted by Gasteiger charge is 2.65. The summed E-state index contributed by atoms with van der Waals surface area (Å²) in [6.07, 6.45) is -5.16. The van der Waals surface area contributed by atoms with E-state index in [1.54, 1.807) is 5.38 Å². The molecule has 1 aromatic heterocycles. The number of carbonyl (C=O) groups is 1. The molecule has 1 fully saturated rings. The third kappa shape index (κ3) is 3.15. The molecule has 1 aromatic carbocycles. The van der Waals surface area contributed by atoms with Gasteiger partial charge in [0.25, 0.3) is 0 Å². The van der Waals surface area contributed by atoms with Gasteiger partial charge >= 0.3 is 6.18 Å². The highest BCUT2D eigenvalue weighted by Crippen LogP contribution is 2.44. The van der Waals surface area contributed by atoms with Crippen molar-refractivity contribution < 1.29 is 28.2 Å². The summed E-state index contributed by atoms with van der Waals surface area (Å²) >= 11 is 5.81. The van der Waals surface area contributed by atoms with Crippen molar-refractivity contribution in [3.63, 3.8) is 0 Å². The largest absolute Gasteiger partial charge is 0.508 e.